The molecule has 0 spiro atoms. The van der Waals surface area contributed by atoms with Gasteiger partial charge in [-0.2, -0.15) is 0 Å². The van der Waals surface area contributed by atoms with Gasteiger partial charge in [0.25, 0.3) is 0 Å². The molecule has 6 heteroatoms. The molecule has 1 amide bonds. The molecule has 1 aromatic carbocycles. The predicted octanol–water partition coefficient (Wildman–Crippen LogP) is 3.95. The van der Waals surface area contributed by atoms with Crippen molar-refractivity contribution in [1.29, 1.82) is 0 Å². The van der Waals surface area contributed by atoms with Gasteiger partial charge in [-0.05, 0) is 31.2 Å². The van der Waals surface area contributed by atoms with Crippen molar-refractivity contribution in [3.05, 3.63) is 76.1 Å². The number of hydrogen-bond acceptors (Lipinski definition) is 5. The first-order valence-electron chi connectivity index (χ1n) is 7.82. The molecule has 0 saturated carbocycles. The number of aromatic nitrogens is 1. The molecule has 3 aromatic rings. The van der Waals surface area contributed by atoms with Crippen molar-refractivity contribution in [3.8, 4) is 5.75 Å². The summed E-state index contributed by atoms with van der Waals surface area (Å²) in [4.78, 5) is 16.3. The van der Waals surface area contributed by atoms with Crippen LogP contribution >= 0.6 is 11.3 Å². The van der Waals surface area contributed by atoms with E-state index in [2.05, 4.69) is 10.3 Å². The third-order valence-corrected chi connectivity index (χ3v) is 4.21. The van der Waals surface area contributed by atoms with Gasteiger partial charge in [-0.25, -0.2) is 4.98 Å². The number of ether oxygens (including phenoxy) is 1. The van der Waals surface area contributed by atoms with Crippen molar-refractivity contribution >= 4 is 23.3 Å². The molecular formula is C19H18N2O3S. The lowest BCUT2D eigenvalue weighted by atomic mass is 10.2. The van der Waals surface area contributed by atoms with Crippen molar-refractivity contribution in [2.24, 2.45) is 0 Å². The van der Waals surface area contributed by atoms with Crippen molar-refractivity contribution in [2.45, 2.75) is 20.1 Å². The molecule has 0 fully saturated rings. The zero-order valence-electron chi connectivity index (χ0n) is 13.8. The highest BCUT2D eigenvalue weighted by Crippen LogP contribution is 2.21. The van der Waals surface area contributed by atoms with Gasteiger partial charge in [-0.3, -0.25) is 4.79 Å². The van der Waals surface area contributed by atoms with E-state index in [0.717, 1.165) is 16.3 Å². The zero-order valence-corrected chi connectivity index (χ0v) is 14.6. The van der Waals surface area contributed by atoms with E-state index in [1.54, 1.807) is 29.7 Å². The van der Waals surface area contributed by atoms with E-state index in [1.807, 2.05) is 42.6 Å². The normalized spacial score (nSPS) is 10.9. The largest absolute Gasteiger partial charge is 0.487 e. The molecule has 1 N–H and O–H groups in total. The molecule has 5 nitrogen and oxygen atoms in total. The number of hydrogen-bond donors (Lipinski definition) is 1. The van der Waals surface area contributed by atoms with Gasteiger partial charge in [0.2, 0.25) is 5.91 Å². The van der Waals surface area contributed by atoms with Crippen LogP contribution < -0.4 is 10.1 Å². The minimum Gasteiger partial charge on any atom is -0.487 e. The highest BCUT2D eigenvalue weighted by atomic mass is 32.1. The molecule has 0 atom stereocenters. The topological polar surface area (TPSA) is 64.4 Å². The summed E-state index contributed by atoms with van der Waals surface area (Å²) in [5.74, 6) is 1.23. The number of furan rings is 1. The summed E-state index contributed by atoms with van der Waals surface area (Å²) in [7, 11) is 0. The quantitative estimate of drug-likeness (QED) is 0.653. The molecule has 25 heavy (non-hydrogen) atoms. The Bertz CT molecular complexity index is 853. The number of benzene rings is 1. The lowest BCUT2D eigenvalue weighted by Gasteiger charge is -2.07. The number of thiazole rings is 1. The van der Waals surface area contributed by atoms with Crippen LogP contribution in [0.5, 0.6) is 5.75 Å². The van der Waals surface area contributed by atoms with E-state index in [9.17, 15) is 4.79 Å². The van der Waals surface area contributed by atoms with Gasteiger partial charge >= 0.3 is 0 Å². The molecule has 2 heterocycles. The Labute approximate surface area is 150 Å². The van der Waals surface area contributed by atoms with E-state index in [4.69, 9.17) is 9.15 Å². The molecule has 0 saturated heterocycles. The minimum atomic E-state index is -0.193. The maximum atomic E-state index is 11.9. The molecule has 0 aliphatic carbocycles. The number of nitrogens with one attached hydrogen (secondary N) is 1. The van der Waals surface area contributed by atoms with Gasteiger partial charge < -0.3 is 14.5 Å². The zero-order chi connectivity index (χ0) is 17.5. The monoisotopic (exact) mass is 354 g/mol. The van der Waals surface area contributed by atoms with Gasteiger partial charge in [0.1, 0.15) is 18.1 Å². The summed E-state index contributed by atoms with van der Waals surface area (Å²) in [6.07, 6.45) is 4.80. The second kappa shape index (κ2) is 8.30. The molecule has 3 rings (SSSR count). The Kier molecular flexibility index (Phi) is 5.64. The Hall–Kier alpha value is -2.86. The van der Waals surface area contributed by atoms with Crippen LogP contribution in [0.4, 0.5) is 0 Å². The number of carbonyl (C=O) groups is 1. The smallest absolute Gasteiger partial charge is 0.244 e. The van der Waals surface area contributed by atoms with Crippen molar-refractivity contribution < 1.29 is 13.9 Å². The Balaban J connectivity index is 1.58. The van der Waals surface area contributed by atoms with E-state index in [-0.39, 0.29) is 5.91 Å². The van der Waals surface area contributed by atoms with Crippen LogP contribution in [0.15, 0.2) is 58.5 Å². The maximum absolute atomic E-state index is 11.9. The average molecular weight is 354 g/mol. The van der Waals surface area contributed by atoms with Gasteiger partial charge in [-0.1, -0.05) is 18.2 Å². The van der Waals surface area contributed by atoms with Crippen molar-refractivity contribution in [3.63, 3.8) is 0 Å². The van der Waals surface area contributed by atoms with Crippen LogP contribution in [-0.2, 0) is 17.9 Å². The van der Waals surface area contributed by atoms with Gasteiger partial charge in [0, 0.05) is 17.0 Å². The van der Waals surface area contributed by atoms with E-state index in [0.29, 0.717) is 24.7 Å². The molecule has 2 aromatic heterocycles. The second-order valence-electron chi connectivity index (χ2n) is 5.31. The molecule has 0 bridgehead atoms. The van der Waals surface area contributed by atoms with Crippen molar-refractivity contribution in [2.75, 3.05) is 0 Å². The van der Waals surface area contributed by atoms with Gasteiger partial charge in [-0.15, -0.1) is 11.3 Å². The van der Waals surface area contributed by atoms with Gasteiger partial charge in [0.15, 0.2) is 0 Å². The molecule has 0 aliphatic rings. The van der Waals surface area contributed by atoms with E-state index >= 15 is 0 Å². The Morgan fingerprint density at radius 1 is 1.32 bits per heavy atom. The summed E-state index contributed by atoms with van der Waals surface area (Å²) in [6, 6.07) is 11.2. The molecule has 0 radical (unpaired) electrons. The second-order valence-corrected chi connectivity index (χ2v) is 6.38. The summed E-state index contributed by atoms with van der Waals surface area (Å²) in [6.45, 7) is 2.73. The highest BCUT2D eigenvalue weighted by molar-refractivity contribution is 7.09. The molecular weight excluding hydrogens is 336 g/mol. The standard InChI is InChI=1S/C19H18N2O3S/c1-14-21-16(13-25-14)12-24-18-7-3-2-5-15(18)8-9-19(22)20-11-17-6-4-10-23-17/h2-10,13H,11-12H2,1H3,(H,20,22). The predicted molar refractivity (Wildman–Crippen MR) is 97.2 cm³/mol. The summed E-state index contributed by atoms with van der Waals surface area (Å²) in [5.41, 5.74) is 1.74. The molecule has 128 valence electrons. The molecule has 0 aliphatic heterocycles. The van der Waals surface area contributed by atoms with Crippen LogP contribution in [0, 0.1) is 6.92 Å². The van der Waals surface area contributed by atoms with Crippen LogP contribution in [0.25, 0.3) is 6.08 Å². The van der Waals surface area contributed by atoms with Gasteiger partial charge in [0.05, 0.1) is 23.5 Å². The minimum absolute atomic E-state index is 0.193. The van der Waals surface area contributed by atoms with E-state index in [1.165, 1.54) is 6.08 Å². The number of rotatable bonds is 7. The number of amides is 1. The van der Waals surface area contributed by atoms with E-state index < -0.39 is 0 Å². The number of aryl methyl sites for hydroxylation is 1. The SMILES string of the molecule is Cc1nc(COc2ccccc2C=CC(=O)NCc2ccco2)cs1. The fourth-order valence-corrected chi connectivity index (χ4v) is 2.78. The first kappa shape index (κ1) is 17.0. The van der Waals surface area contributed by atoms with Crippen LogP contribution in [0.3, 0.4) is 0 Å². The number of nitrogens with zero attached hydrogens (tertiary/aromatic N) is 1. The number of carbonyl (C=O) groups excluding carboxylic acids is 1. The lowest BCUT2D eigenvalue weighted by Crippen LogP contribution is -2.19. The fraction of sp³-hybridized carbons (Fsp3) is 0.158. The summed E-state index contributed by atoms with van der Waals surface area (Å²) < 4.78 is 11.0. The highest BCUT2D eigenvalue weighted by Gasteiger charge is 2.04. The molecule has 0 unspecified atom stereocenters. The summed E-state index contributed by atoms with van der Waals surface area (Å²) >= 11 is 1.60. The van der Waals surface area contributed by atoms with Crippen LogP contribution in [0.2, 0.25) is 0 Å². The van der Waals surface area contributed by atoms with Crippen molar-refractivity contribution in [1.82, 2.24) is 10.3 Å². The summed E-state index contributed by atoms with van der Waals surface area (Å²) in [5, 5.41) is 5.76. The number of para-hydroxylation sites is 1. The van der Waals surface area contributed by atoms with Crippen LogP contribution in [0.1, 0.15) is 22.0 Å². The third-order valence-electron chi connectivity index (χ3n) is 3.39. The lowest BCUT2D eigenvalue weighted by molar-refractivity contribution is -0.116. The average Bonchev–Trinajstić information content (AvgIpc) is 3.28. The first-order chi connectivity index (χ1) is 12.2. The Morgan fingerprint density at radius 2 is 2.20 bits per heavy atom. The fourth-order valence-electron chi connectivity index (χ4n) is 2.19. The maximum Gasteiger partial charge on any atom is 0.244 e. The Morgan fingerprint density at radius 3 is 2.96 bits per heavy atom. The van der Waals surface area contributed by atoms with Crippen LogP contribution in [-0.4, -0.2) is 10.9 Å². The first-order valence-corrected chi connectivity index (χ1v) is 8.70. The third kappa shape index (κ3) is 5.06.